The molecule has 0 saturated carbocycles. The van der Waals surface area contributed by atoms with Crippen LogP contribution in [0, 0.1) is 5.92 Å². The van der Waals surface area contributed by atoms with Crippen LogP contribution < -0.4 is 5.73 Å². The van der Waals surface area contributed by atoms with Crippen LogP contribution in [0.3, 0.4) is 0 Å². The first-order valence-corrected chi connectivity index (χ1v) is 4.82. The minimum atomic E-state index is -0.177. The van der Waals surface area contributed by atoms with Gasteiger partial charge in [0.25, 0.3) is 0 Å². The molecule has 0 radical (unpaired) electrons. The first-order valence-electron chi connectivity index (χ1n) is 4.44. The van der Waals surface area contributed by atoms with Crippen molar-refractivity contribution in [2.75, 3.05) is 19.6 Å². The van der Waals surface area contributed by atoms with Gasteiger partial charge in [-0.2, -0.15) is 0 Å². The van der Waals surface area contributed by atoms with Crippen LogP contribution in [-0.4, -0.2) is 30.4 Å². The van der Waals surface area contributed by atoms with Crippen LogP contribution in [0.15, 0.2) is 11.6 Å². The fraction of sp³-hybridized carbons (Fsp3) is 0.667. The molecule has 1 aliphatic rings. The van der Waals surface area contributed by atoms with Crippen molar-refractivity contribution in [3.63, 3.8) is 0 Å². The Morgan fingerprint density at radius 2 is 2.08 bits per heavy atom. The third-order valence-electron chi connectivity index (χ3n) is 2.39. The van der Waals surface area contributed by atoms with Crippen molar-refractivity contribution < 1.29 is 4.79 Å². The second-order valence-corrected chi connectivity index (χ2v) is 4.00. The van der Waals surface area contributed by atoms with Crippen molar-refractivity contribution >= 4 is 17.5 Å². The molecule has 1 saturated heterocycles. The molecule has 0 atom stereocenters. The van der Waals surface area contributed by atoms with E-state index in [1.807, 2.05) is 0 Å². The lowest BCUT2D eigenvalue weighted by molar-refractivity contribution is -0.123. The van der Waals surface area contributed by atoms with Crippen molar-refractivity contribution in [3.05, 3.63) is 11.6 Å². The van der Waals surface area contributed by atoms with Gasteiger partial charge in [-0.05, 0) is 25.9 Å². The van der Waals surface area contributed by atoms with Crippen LogP contribution in [0.25, 0.3) is 0 Å². The summed E-state index contributed by atoms with van der Waals surface area (Å²) in [6.07, 6.45) is 1.69. The summed E-state index contributed by atoms with van der Waals surface area (Å²) in [4.78, 5) is 13.0. The Morgan fingerprint density at radius 3 is 2.46 bits per heavy atom. The third-order valence-corrected chi connectivity index (χ3v) is 2.50. The van der Waals surface area contributed by atoms with Crippen molar-refractivity contribution in [1.29, 1.82) is 0 Å². The van der Waals surface area contributed by atoms with Gasteiger partial charge in [0.1, 0.15) is 0 Å². The molecule has 0 spiro atoms. The number of hydrogen-bond donors (Lipinski definition) is 1. The molecule has 4 heteroatoms. The number of carbonyl (C=O) groups is 1. The molecule has 1 aliphatic heterocycles. The molecule has 1 fully saturated rings. The minimum Gasteiger partial charge on any atom is -0.369 e. The molecule has 0 aromatic carbocycles. The van der Waals surface area contributed by atoms with Crippen molar-refractivity contribution in [2.45, 2.75) is 12.8 Å². The largest absolute Gasteiger partial charge is 0.369 e. The minimum absolute atomic E-state index is 0.0554. The fourth-order valence-corrected chi connectivity index (χ4v) is 1.79. The van der Waals surface area contributed by atoms with E-state index in [2.05, 4.69) is 11.5 Å². The molecule has 1 amide bonds. The molecule has 13 heavy (non-hydrogen) atoms. The Labute approximate surface area is 83.5 Å². The molecule has 1 rings (SSSR count). The van der Waals surface area contributed by atoms with Gasteiger partial charge in [-0.25, -0.2) is 0 Å². The highest BCUT2D eigenvalue weighted by Gasteiger charge is 2.22. The third kappa shape index (κ3) is 3.36. The van der Waals surface area contributed by atoms with Gasteiger partial charge < -0.3 is 5.73 Å². The van der Waals surface area contributed by atoms with Crippen LogP contribution in [0.5, 0.6) is 0 Å². The number of carbonyl (C=O) groups excluding carboxylic acids is 1. The first kappa shape index (κ1) is 10.5. The molecule has 3 nitrogen and oxygen atoms in total. The number of nitrogens with two attached hydrogens (primary N) is 1. The van der Waals surface area contributed by atoms with Gasteiger partial charge in [0.15, 0.2) is 0 Å². The Kier molecular flexibility index (Phi) is 3.75. The van der Waals surface area contributed by atoms with Gasteiger partial charge >= 0.3 is 0 Å². The smallest absolute Gasteiger partial charge is 0.220 e. The summed E-state index contributed by atoms with van der Waals surface area (Å²) in [6.45, 7) is 6.13. The standard InChI is InChI=1S/C9H15ClN2O/c1-7(10)6-12-4-2-8(3-5-12)9(11)13/h8H,1-6H2,(H2,11,13). The van der Waals surface area contributed by atoms with Crippen molar-refractivity contribution in [2.24, 2.45) is 11.7 Å². The lowest BCUT2D eigenvalue weighted by atomic mass is 9.96. The second kappa shape index (κ2) is 4.63. The highest BCUT2D eigenvalue weighted by atomic mass is 35.5. The first-order chi connectivity index (χ1) is 6.09. The highest BCUT2D eigenvalue weighted by molar-refractivity contribution is 6.29. The van der Waals surface area contributed by atoms with Crippen LogP contribution >= 0.6 is 11.6 Å². The lowest BCUT2D eigenvalue weighted by Gasteiger charge is -2.29. The van der Waals surface area contributed by atoms with E-state index in [9.17, 15) is 4.79 Å². The van der Waals surface area contributed by atoms with E-state index >= 15 is 0 Å². The number of piperidine rings is 1. The van der Waals surface area contributed by atoms with Gasteiger partial charge in [-0.1, -0.05) is 18.2 Å². The van der Waals surface area contributed by atoms with Gasteiger partial charge in [-0.3, -0.25) is 9.69 Å². The predicted molar refractivity (Wildman–Crippen MR) is 53.4 cm³/mol. The van der Waals surface area contributed by atoms with Crippen LogP contribution in [-0.2, 0) is 4.79 Å². The van der Waals surface area contributed by atoms with E-state index in [0.29, 0.717) is 11.6 Å². The lowest BCUT2D eigenvalue weighted by Crippen LogP contribution is -2.38. The maximum Gasteiger partial charge on any atom is 0.220 e. The molecule has 0 unspecified atom stereocenters. The van der Waals surface area contributed by atoms with Crippen LogP contribution in [0.2, 0.25) is 0 Å². The topological polar surface area (TPSA) is 46.3 Å². The van der Waals surface area contributed by atoms with E-state index in [1.54, 1.807) is 0 Å². The van der Waals surface area contributed by atoms with E-state index in [1.165, 1.54) is 0 Å². The molecule has 1 heterocycles. The maximum absolute atomic E-state index is 10.8. The van der Waals surface area contributed by atoms with Crippen LogP contribution in [0.4, 0.5) is 0 Å². The average Bonchev–Trinajstić information content (AvgIpc) is 2.04. The number of hydrogen-bond acceptors (Lipinski definition) is 2. The summed E-state index contributed by atoms with van der Waals surface area (Å²) < 4.78 is 0. The fourth-order valence-electron chi connectivity index (χ4n) is 1.62. The Bertz CT molecular complexity index is 210. The van der Waals surface area contributed by atoms with Gasteiger partial charge in [-0.15, -0.1) is 0 Å². The van der Waals surface area contributed by atoms with E-state index in [-0.39, 0.29) is 11.8 Å². The molecule has 0 aromatic heterocycles. The summed E-state index contributed by atoms with van der Waals surface area (Å²) in [5.41, 5.74) is 5.21. The molecular weight excluding hydrogens is 188 g/mol. The van der Waals surface area contributed by atoms with E-state index in [0.717, 1.165) is 25.9 Å². The molecule has 2 N–H and O–H groups in total. The van der Waals surface area contributed by atoms with Gasteiger partial charge in [0.2, 0.25) is 5.91 Å². The van der Waals surface area contributed by atoms with E-state index < -0.39 is 0 Å². The number of rotatable bonds is 3. The summed E-state index contributed by atoms with van der Waals surface area (Å²) >= 11 is 5.68. The molecular formula is C9H15ClN2O. The zero-order valence-corrected chi connectivity index (χ0v) is 8.39. The summed E-state index contributed by atoms with van der Waals surface area (Å²) in [7, 11) is 0. The zero-order valence-electron chi connectivity index (χ0n) is 7.63. The quantitative estimate of drug-likeness (QED) is 0.741. The summed E-state index contributed by atoms with van der Waals surface area (Å²) in [5, 5.41) is 0.650. The average molecular weight is 203 g/mol. The molecule has 0 aliphatic carbocycles. The summed E-state index contributed by atoms with van der Waals surface area (Å²) in [5.74, 6) is -0.121. The van der Waals surface area contributed by atoms with Crippen molar-refractivity contribution in [3.8, 4) is 0 Å². The van der Waals surface area contributed by atoms with Crippen molar-refractivity contribution in [1.82, 2.24) is 4.90 Å². The molecule has 0 aromatic rings. The number of halogens is 1. The molecule has 0 bridgehead atoms. The number of primary amides is 1. The van der Waals surface area contributed by atoms with E-state index in [4.69, 9.17) is 17.3 Å². The Hall–Kier alpha value is -0.540. The van der Waals surface area contributed by atoms with Gasteiger partial charge in [0.05, 0.1) is 0 Å². The molecule has 74 valence electrons. The number of nitrogens with zero attached hydrogens (tertiary/aromatic N) is 1. The van der Waals surface area contributed by atoms with Gasteiger partial charge in [0, 0.05) is 17.5 Å². The highest BCUT2D eigenvalue weighted by Crippen LogP contribution is 2.17. The monoisotopic (exact) mass is 202 g/mol. The summed E-state index contributed by atoms with van der Waals surface area (Å²) in [6, 6.07) is 0. The normalized spacial score (nSPS) is 20.1. The van der Waals surface area contributed by atoms with Crippen LogP contribution in [0.1, 0.15) is 12.8 Å². The number of likely N-dealkylation sites (tertiary alicyclic amines) is 1. The number of amides is 1. The maximum atomic E-state index is 10.8. The second-order valence-electron chi connectivity index (χ2n) is 3.47. The predicted octanol–water partition coefficient (Wildman–Crippen LogP) is 0.936. The Morgan fingerprint density at radius 1 is 1.54 bits per heavy atom. The Balaban J connectivity index is 2.30. The SMILES string of the molecule is C=C(Cl)CN1CCC(C(N)=O)CC1. The zero-order chi connectivity index (χ0) is 9.84.